The number of rotatable bonds is 59. The molecule has 21 heteroatoms. The molecule has 19 nitrogen and oxygen atoms in total. The Morgan fingerprint density at radius 2 is 0.607 bits per heavy atom. The first-order chi connectivity index (χ1) is 55.3. The van der Waals surface area contributed by atoms with Crippen molar-refractivity contribution in [3.05, 3.63) is 175 Å². The molecule has 0 saturated carbocycles. The molecule has 0 spiro atoms. The molecule has 2 amide bonds. The standard InChI is InChI=1S/C96H160N2O17P2/c1-69(2)35-20-36-70(3)37-21-38-71(4)39-22-40-72(5)41-23-42-73(6)43-24-44-74(7)45-25-46-75(8)47-26-48-76(9)49-27-50-77(10)51-28-52-78(11)53-29-54-79(12)55-30-56-80(13)57-31-58-81(14)59-32-60-82(15)61-33-62-83(16)63-34-64-84(17)65-66-110-116(106,107)115-117(108,109)114-96-90(98-86(19)102)93(105)94(88(68-100)112-96)113-95-89(97-85(18)101)92(104)91(103)87(67-99)111-95/h35,37,39,41,43,45,47,49,51,53,55,57,59,61,63,84,87-96,99-100,103-105H,20-34,36,38,40,42,44,46,48,50,52,54,56,58,60,62,64-68H2,1-19H3,(H,97,101)(H,98,102)(H,106,107)(H,108,109)/b70-37+,71-39+,72-41+,73-43+,74-45+,75-47+,76-49+,77-51+,78-53+,79-55+,80-57+,81-59+,82-61+,83-63+/t84?,87-,88-,89-,90-,91-,92-,93-,94-,95+,96+/m1/s1. The number of nitrogens with one attached hydrogen (secondary N) is 2. The molecule has 13 atom stereocenters. The lowest BCUT2D eigenvalue weighted by Crippen LogP contribution is -2.69. The zero-order valence-electron chi connectivity index (χ0n) is 75.7. The SMILES string of the molecule is CC(=O)N[C@H]1[C@H](OP(=O)(O)OP(=O)(O)OCCC(C)CC/C=C(\C)CC/C=C(\C)CC/C=C(\C)CC/C=C(\C)CC/C=C(\C)CC/C=C(\C)CC/C=C(\C)CC/C=C(\C)CC/C=C(\C)CC/C=C(\C)CC/C=C(\C)CC/C=C(\C)CC/C=C(\C)CC/C=C(\C)CCC=C(C)C)O[C@H](CO)[C@@H](O[C@@H]2O[C@H](CO)[C@@H](O)[C@H](O)[C@H]2NC(C)=O)[C@@H]1O. The quantitative estimate of drug-likeness (QED) is 0.0202. The Hall–Kier alpha value is -5.02. The van der Waals surface area contributed by atoms with E-state index >= 15 is 0 Å². The largest absolute Gasteiger partial charge is 0.483 e. The van der Waals surface area contributed by atoms with E-state index in [2.05, 4.69) is 217 Å². The average molecular weight is 1680 g/mol. The summed E-state index contributed by atoms with van der Waals surface area (Å²) >= 11 is 0. The Balaban J connectivity index is 1.61. The van der Waals surface area contributed by atoms with Gasteiger partial charge in [0.2, 0.25) is 11.8 Å². The lowest BCUT2D eigenvalue weighted by Gasteiger charge is -2.48. The maximum atomic E-state index is 13.2. The summed E-state index contributed by atoms with van der Waals surface area (Å²) < 4.78 is 57.8. The molecule has 0 aromatic heterocycles. The molecule has 0 bridgehead atoms. The van der Waals surface area contributed by atoms with Gasteiger partial charge in [-0.3, -0.25) is 18.6 Å². The van der Waals surface area contributed by atoms with Crippen molar-refractivity contribution in [3.63, 3.8) is 0 Å². The first-order valence-corrected chi connectivity index (χ1v) is 46.6. The van der Waals surface area contributed by atoms with E-state index in [4.69, 9.17) is 23.3 Å². The predicted molar refractivity (Wildman–Crippen MR) is 482 cm³/mol. The molecule has 2 aliphatic heterocycles. The molecule has 666 valence electrons. The number of aliphatic hydroxyl groups is 5. The number of phosphoric acid groups is 2. The summed E-state index contributed by atoms with van der Waals surface area (Å²) in [5, 5.41) is 57.2. The zero-order chi connectivity index (χ0) is 87.5. The Bertz CT molecular complexity index is 3540. The van der Waals surface area contributed by atoms with Gasteiger partial charge in [-0.05, 0) is 316 Å². The number of hydrogen-bond acceptors (Lipinski definition) is 15. The fourth-order valence-electron chi connectivity index (χ4n) is 14.0. The fraction of sp³-hybridized carbons (Fsp3) is 0.667. The van der Waals surface area contributed by atoms with E-state index in [-0.39, 0.29) is 12.5 Å². The first kappa shape index (κ1) is 108. The fourth-order valence-corrected chi connectivity index (χ4v) is 16.2. The van der Waals surface area contributed by atoms with Gasteiger partial charge in [0.25, 0.3) is 0 Å². The predicted octanol–water partition coefficient (Wildman–Crippen LogP) is 23.1. The Morgan fingerprint density at radius 3 is 0.872 bits per heavy atom. The van der Waals surface area contributed by atoms with Gasteiger partial charge in [-0.25, -0.2) is 9.13 Å². The highest BCUT2D eigenvalue weighted by Gasteiger charge is 2.54. The molecule has 9 N–H and O–H groups in total. The van der Waals surface area contributed by atoms with E-state index in [0.717, 1.165) is 194 Å². The molecule has 117 heavy (non-hydrogen) atoms. The number of aliphatic hydroxyl groups excluding tert-OH is 5. The van der Waals surface area contributed by atoms with Crippen LogP contribution in [0.1, 0.15) is 331 Å². The highest BCUT2D eigenvalue weighted by molar-refractivity contribution is 7.61. The van der Waals surface area contributed by atoms with Gasteiger partial charge in [0.05, 0.1) is 19.8 Å². The third-order valence-electron chi connectivity index (χ3n) is 21.7. The highest BCUT2D eigenvalue weighted by atomic mass is 31.3. The molecule has 0 radical (unpaired) electrons. The van der Waals surface area contributed by atoms with Gasteiger partial charge < -0.3 is 60.2 Å². The van der Waals surface area contributed by atoms with Crippen LogP contribution in [0.5, 0.6) is 0 Å². The maximum absolute atomic E-state index is 13.2. The van der Waals surface area contributed by atoms with Crippen LogP contribution in [0.4, 0.5) is 0 Å². The van der Waals surface area contributed by atoms with Crippen LogP contribution < -0.4 is 10.6 Å². The van der Waals surface area contributed by atoms with E-state index < -0.39 is 102 Å². The van der Waals surface area contributed by atoms with Crippen molar-refractivity contribution < 1.29 is 81.6 Å². The van der Waals surface area contributed by atoms with Gasteiger partial charge >= 0.3 is 15.6 Å². The van der Waals surface area contributed by atoms with Crippen molar-refractivity contribution in [3.8, 4) is 0 Å². The van der Waals surface area contributed by atoms with Crippen molar-refractivity contribution in [2.75, 3.05) is 19.8 Å². The topological polar surface area (TPSA) is 289 Å². The van der Waals surface area contributed by atoms with Crippen molar-refractivity contribution in [2.45, 2.75) is 392 Å². The molecule has 3 unspecified atom stereocenters. The number of amides is 2. The number of carbonyl (C=O) groups is 2. The normalized spacial score (nSPS) is 23.3. The Morgan fingerprint density at radius 1 is 0.350 bits per heavy atom. The van der Waals surface area contributed by atoms with Crippen molar-refractivity contribution >= 4 is 27.5 Å². The molecule has 2 fully saturated rings. The van der Waals surface area contributed by atoms with Gasteiger partial charge in [-0.15, -0.1) is 0 Å². The molecule has 0 aromatic carbocycles. The summed E-state index contributed by atoms with van der Waals surface area (Å²) in [6.45, 7) is 38.1. The van der Waals surface area contributed by atoms with Crippen LogP contribution >= 0.6 is 15.6 Å². The second-order valence-corrected chi connectivity index (χ2v) is 36.9. The summed E-state index contributed by atoms with van der Waals surface area (Å²) in [7, 11) is -10.9. The third-order valence-corrected chi connectivity index (χ3v) is 24.4. The van der Waals surface area contributed by atoms with E-state index in [1.54, 1.807) is 0 Å². The summed E-state index contributed by atoms with van der Waals surface area (Å²) in [5.41, 5.74) is 22.0. The van der Waals surface area contributed by atoms with Crippen LogP contribution in [0.3, 0.4) is 0 Å². The number of ether oxygens (including phenoxy) is 3. The molecule has 2 rings (SSSR count). The zero-order valence-corrected chi connectivity index (χ0v) is 77.4. The maximum Gasteiger partial charge on any atom is 0.483 e. The Labute approximate surface area is 708 Å². The highest BCUT2D eigenvalue weighted by Crippen LogP contribution is 2.61. The van der Waals surface area contributed by atoms with E-state index in [0.29, 0.717) is 6.42 Å². The van der Waals surface area contributed by atoms with Gasteiger partial charge in [0.1, 0.15) is 48.7 Å². The summed E-state index contributed by atoms with van der Waals surface area (Å²) in [5.74, 6) is -1.45. The number of carbonyl (C=O) groups excluding carboxylic acids is 2. The average Bonchev–Trinajstić information content (AvgIpc) is 0.773. The van der Waals surface area contributed by atoms with Crippen molar-refractivity contribution in [1.29, 1.82) is 0 Å². The summed E-state index contributed by atoms with van der Waals surface area (Å²) in [4.78, 5) is 45.3. The molecule has 2 saturated heterocycles. The van der Waals surface area contributed by atoms with E-state index in [1.165, 1.54) is 96.4 Å². The molecule has 2 heterocycles. The van der Waals surface area contributed by atoms with Crippen LogP contribution in [0.25, 0.3) is 0 Å². The van der Waals surface area contributed by atoms with Crippen LogP contribution in [0, 0.1) is 5.92 Å². The van der Waals surface area contributed by atoms with Crippen LogP contribution in [-0.4, -0.2) is 128 Å². The van der Waals surface area contributed by atoms with Gasteiger partial charge in [-0.2, -0.15) is 4.31 Å². The van der Waals surface area contributed by atoms with Gasteiger partial charge in [-0.1, -0.05) is 182 Å². The first-order valence-electron chi connectivity index (χ1n) is 43.6. The van der Waals surface area contributed by atoms with E-state index in [9.17, 15) is 54.0 Å². The second kappa shape index (κ2) is 61.3. The van der Waals surface area contributed by atoms with Gasteiger partial charge in [0.15, 0.2) is 12.6 Å². The number of allylic oxidation sites excluding steroid dienone is 30. The number of hydrogen-bond donors (Lipinski definition) is 9. The minimum Gasteiger partial charge on any atom is -0.394 e. The second-order valence-electron chi connectivity index (χ2n) is 33.9. The molecule has 0 aliphatic carbocycles. The lowest BCUT2D eigenvalue weighted by molar-refractivity contribution is -0.325. The Kier molecular flexibility index (Phi) is 56.6. The third kappa shape index (κ3) is 52.1. The monoisotopic (exact) mass is 1680 g/mol. The van der Waals surface area contributed by atoms with Crippen LogP contribution in [-0.2, 0) is 46.3 Å². The minimum atomic E-state index is -5.61. The molecule has 0 aromatic rings. The molecular formula is C96H160N2O17P2. The van der Waals surface area contributed by atoms with Crippen LogP contribution in [0.15, 0.2) is 175 Å². The summed E-state index contributed by atoms with van der Waals surface area (Å²) in [6, 6.07) is -3.25. The molecule has 2 aliphatic rings. The van der Waals surface area contributed by atoms with E-state index in [1.807, 2.05) is 6.92 Å². The lowest BCUT2D eigenvalue weighted by atomic mass is 9.94. The molecular weight excluding hydrogens is 1520 g/mol. The minimum absolute atomic E-state index is 0.0324. The van der Waals surface area contributed by atoms with Crippen molar-refractivity contribution in [1.82, 2.24) is 10.6 Å². The van der Waals surface area contributed by atoms with Gasteiger partial charge in [0, 0.05) is 13.8 Å². The number of phosphoric ester groups is 2. The van der Waals surface area contributed by atoms with Crippen LogP contribution in [0.2, 0.25) is 0 Å². The smallest absolute Gasteiger partial charge is 0.394 e. The van der Waals surface area contributed by atoms with Crippen molar-refractivity contribution in [2.24, 2.45) is 5.92 Å². The summed E-state index contributed by atoms with van der Waals surface area (Å²) in [6.07, 6.45) is 54.9.